The zero-order valence-corrected chi connectivity index (χ0v) is 15.7. The Bertz CT molecular complexity index is 987. The molecule has 0 N–H and O–H groups in total. The molecule has 0 fully saturated rings. The minimum Gasteiger partial charge on any atom is -0.338 e. The number of benzene rings is 2. The van der Waals surface area contributed by atoms with Crippen molar-refractivity contribution >= 4 is 33.2 Å². The molecule has 130 valence electrons. The fourth-order valence-electron chi connectivity index (χ4n) is 2.27. The van der Waals surface area contributed by atoms with Crippen molar-refractivity contribution in [1.29, 1.82) is 0 Å². The Morgan fingerprint density at radius 1 is 1.16 bits per heavy atom. The normalized spacial score (nSPS) is 11.6. The molecular weight excluding hydrogens is 380 g/mol. The maximum absolute atomic E-state index is 11.8. The van der Waals surface area contributed by atoms with Gasteiger partial charge >= 0.3 is 0 Å². The van der Waals surface area contributed by atoms with Gasteiger partial charge in [0.1, 0.15) is 0 Å². The van der Waals surface area contributed by atoms with Gasteiger partial charge in [-0.1, -0.05) is 41.0 Å². The van der Waals surface area contributed by atoms with E-state index >= 15 is 0 Å². The maximum atomic E-state index is 11.8. The smallest absolute Gasteiger partial charge is 0.237 e. The lowest BCUT2D eigenvalue weighted by atomic mass is 10.1. The molecule has 8 heteroatoms. The molecule has 0 radical (unpaired) electrons. The summed E-state index contributed by atoms with van der Waals surface area (Å²) in [5.41, 5.74) is 0.995. The average molecular weight is 395 g/mol. The van der Waals surface area contributed by atoms with Crippen LogP contribution in [0.4, 0.5) is 0 Å². The zero-order chi connectivity index (χ0) is 17.9. The second-order valence-corrected chi connectivity index (χ2v) is 8.86. The molecule has 5 nitrogen and oxygen atoms in total. The molecule has 0 atom stereocenters. The molecule has 0 spiro atoms. The molecule has 25 heavy (non-hydrogen) atoms. The number of hydrogen-bond donors (Lipinski definition) is 0. The number of halogens is 1. The highest BCUT2D eigenvalue weighted by molar-refractivity contribution is 7.99. The Kier molecular flexibility index (Phi) is 5.46. The Morgan fingerprint density at radius 2 is 1.96 bits per heavy atom. The number of sulfone groups is 1. The first-order valence-corrected chi connectivity index (χ1v) is 10.6. The summed E-state index contributed by atoms with van der Waals surface area (Å²) in [7, 11) is -3.28. The molecule has 0 aliphatic rings. The quantitative estimate of drug-likeness (QED) is 0.588. The van der Waals surface area contributed by atoms with Crippen molar-refractivity contribution in [1.82, 2.24) is 10.1 Å². The van der Waals surface area contributed by atoms with Crippen LogP contribution in [-0.2, 0) is 22.0 Å². The minimum atomic E-state index is -3.28. The van der Waals surface area contributed by atoms with Crippen LogP contribution in [0.15, 0.2) is 62.8 Å². The summed E-state index contributed by atoms with van der Waals surface area (Å²) in [6.07, 6.45) is 1.72. The van der Waals surface area contributed by atoms with Crippen molar-refractivity contribution in [2.24, 2.45) is 0 Å². The standard InChI is InChI=1S/C17H15ClN2O3S2/c1-25(21,22)15-8-3-2-7-14(15)24-11-17-19-16(20-23-17)10-12-5-4-6-13(18)9-12/h2-9H,10-11H2,1H3. The van der Waals surface area contributed by atoms with E-state index in [0.29, 0.717) is 38.7 Å². The summed E-state index contributed by atoms with van der Waals surface area (Å²) in [6.45, 7) is 0. The first-order chi connectivity index (χ1) is 11.9. The van der Waals surface area contributed by atoms with Gasteiger partial charge in [0.2, 0.25) is 5.89 Å². The van der Waals surface area contributed by atoms with E-state index in [1.54, 1.807) is 24.3 Å². The van der Waals surface area contributed by atoms with E-state index in [-0.39, 0.29) is 0 Å². The van der Waals surface area contributed by atoms with Gasteiger partial charge in [-0.25, -0.2) is 8.42 Å². The van der Waals surface area contributed by atoms with Gasteiger partial charge in [0.15, 0.2) is 15.7 Å². The molecule has 0 saturated carbocycles. The molecule has 1 aromatic heterocycles. The number of thioether (sulfide) groups is 1. The molecule has 0 aliphatic carbocycles. The SMILES string of the molecule is CS(=O)(=O)c1ccccc1SCc1nc(Cc2cccc(Cl)c2)no1. The summed E-state index contributed by atoms with van der Waals surface area (Å²) in [6, 6.07) is 14.3. The van der Waals surface area contributed by atoms with E-state index in [1.165, 1.54) is 18.0 Å². The first kappa shape index (κ1) is 18.0. The lowest BCUT2D eigenvalue weighted by Gasteiger charge is -2.05. The monoisotopic (exact) mass is 394 g/mol. The van der Waals surface area contributed by atoms with Crippen molar-refractivity contribution in [2.45, 2.75) is 22.0 Å². The zero-order valence-electron chi connectivity index (χ0n) is 13.3. The minimum absolute atomic E-state index is 0.304. The number of rotatable bonds is 6. The molecule has 0 aliphatic heterocycles. The van der Waals surface area contributed by atoms with Gasteiger partial charge in [0, 0.05) is 22.6 Å². The summed E-state index contributed by atoms with van der Waals surface area (Å²) < 4.78 is 28.9. The van der Waals surface area contributed by atoms with Crippen LogP contribution in [0.1, 0.15) is 17.3 Å². The average Bonchev–Trinajstić information content (AvgIpc) is 3.00. The number of nitrogens with zero attached hydrogens (tertiary/aromatic N) is 2. The van der Waals surface area contributed by atoms with E-state index in [0.717, 1.165) is 5.56 Å². The van der Waals surface area contributed by atoms with Gasteiger partial charge in [-0.2, -0.15) is 4.98 Å². The molecule has 0 unspecified atom stereocenters. The third-order valence-corrected chi connectivity index (χ3v) is 5.94. The van der Waals surface area contributed by atoms with Gasteiger partial charge in [0.25, 0.3) is 0 Å². The Hall–Kier alpha value is -1.83. The van der Waals surface area contributed by atoms with Crippen molar-refractivity contribution in [3.05, 3.63) is 70.8 Å². The second kappa shape index (κ2) is 7.59. The van der Waals surface area contributed by atoms with Crippen LogP contribution < -0.4 is 0 Å². The van der Waals surface area contributed by atoms with Crippen molar-refractivity contribution in [2.75, 3.05) is 6.26 Å². The fraction of sp³-hybridized carbons (Fsp3) is 0.176. The molecule has 0 bridgehead atoms. The van der Waals surface area contributed by atoms with Gasteiger partial charge in [-0.15, -0.1) is 11.8 Å². The van der Waals surface area contributed by atoms with Crippen molar-refractivity contribution < 1.29 is 12.9 Å². The van der Waals surface area contributed by atoms with Crippen LogP contribution in [0.3, 0.4) is 0 Å². The highest BCUT2D eigenvalue weighted by atomic mass is 35.5. The van der Waals surface area contributed by atoms with Gasteiger partial charge in [0.05, 0.1) is 10.6 Å². The molecule has 2 aromatic carbocycles. The maximum Gasteiger partial charge on any atom is 0.237 e. The molecule has 3 rings (SSSR count). The van der Waals surface area contributed by atoms with E-state index in [4.69, 9.17) is 16.1 Å². The fourth-order valence-corrected chi connectivity index (χ4v) is 4.65. The van der Waals surface area contributed by atoms with E-state index in [9.17, 15) is 8.42 Å². The van der Waals surface area contributed by atoms with Crippen LogP contribution in [0.2, 0.25) is 5.02 Å². The van der Waals surface area contributed by atoms with E-state index in [1.807, 2.05) is 24.3 Å². The van der Waals surface area contributed by atoms with Crippen LogP contribution in [0.5, 0.6) is 0 Å². The Balaban J connectivity index is 1.69. The van der Waals surface area contributed by atoms with Gasteiger partial charge in [-0.05, 0) is 29.8 Å². The molecular formula is C17H15ClN2O3S2. The van der Waals surface area contributed by atoms with Crippen LogP contribution in [-0.4, -0.2) is 24.8 Å². The third kappa shape index (κ3) is 4.84. The summed E-state index contributed by atoms with van der Waals surface area (Å²) >= 11 is 7.32. The summed E-state index contributed by atoms with van der Waals surface area (Å²) in [5.74, 6) is 1.41. The topological polar surface area (TPSA) is 73.1 Å². The predicted octanol–water partition coefficient (Wildman–Crippen LogP) is 4.01. The largest absolute Gasteiger partial charge is 0.338 e. The molecule has 3 aromatic rings. The Labute approximate surface area is 155 Å². The molecule has 1 heterocycles. The Morgan fingerprint density at radius 3 is 2.72 bits per heavy atom. The van der Waals surface area contributed by atoms with Gasteiger partial charge < -0.3 is 4.52 Å². The van der Waals surface area contributed by atoms with Crippen LogP contribution >= 0.6 is 23.4 Å². The van der Waals surface area contributed by atoms with Crippen LogP contribution in [0.25, 0.3) is 0 Å². The summed E-state index contributed by atoms with van der Waals surface area (Å²) in [5, 5.41) is 4.63. The van der Waals surface area contributed by atoms with Crippen LogP contribution in [0, 0.1) is 0 Å². The number of aromatic nitrogens is 2. The van der Waals surface area contributed by atoms with Crippen molar-refractivity contribution in [3.8, 4) is 0 Å². The van der Waals surface area contributed by atoms with E-state index in [2.05, 4.69) is 10.1 Å². The first-order valence-electron chi connectivity index (χ1n) is 7.39. The molecule has 0 saturated heterocycles. The van der Waals surface area contributed by atoms with Crippen molar-refractivity contribution in [3.63, 3.8) is 0 Å². The second-order valence-electron chi connectivity index (χ2n) is 5.42. The number of hydrogen-bond acceptors (Lipinski definition) is 6. The summed E-state index contributed by atoms with van der Waals surface area (Å²) in [4.78, 5) is 5.32. The third-order valence-electron chi connectivity index (χ3n) is 3.36. The highest BCUT2D eigenvalue weighted by Gasteiger charge is 2.14. The highest BCUT2D eigenvalue weighted by Crippen LogP contribution is 2.28. The van der Waals surface area contributed by atoms with Gasteiger partial charge in [-0.3, -0.25) is 0 Å². The van der Waals surface area contributed by atoms with E-state index < -0.39 is 9.84 Å². The lowest BCUT2D eigenvalue weighted by Crippen LogP contribution is -1.99. The molecule has 0 amide bonds. The lowest BCUT2D eigenvalue weighted by molar-refractivity contribution is 0.386. The predicted molar refractivity (Wildman–Crippen MR) is 97.7 cm³/mol.